The number of hydrogen-bond donors (Lipinski definition) is 0. The molecular weight excluding hydrogens is 286 g/mol. The Kier molecular flexibility index (Phi) is 7.85. The molecular formula is C9H15Cl2N2O3P. The molecule has 8 heteroatoms. The van der Waals surface area contributed by atoms with Crippen LogP contribution < -0.4 is 0 Å². The molecule has 0 radical (unpaired) electrons. The lowest BCUT2D eigenvalue weighted by Crippen LogP contribution is -2.19. The summed E-state index contributed by atoms with van der Waals surface area (Å²) in [6, 6.07) is 1.86. The average molecular weight is 301 g/mol. The molecule has 0 aliphatic carbocycles. The molecule has 0 aliphatic heterocycles. The second kappa shape index (κ2) is 7.97. The lowest BCUT2D eigenvalue weighted by Gasteiger charge is -2.24. The third-order valence-electron chi connectivity index (χ3n) is 1.56. The van der Waals surface area contributed by atoms with Gasteiger partial charge in [0, 0.05) is 0 Å². The molecule has 0 aromatic heterocycles. The van der Waals surface area contributed by atoms with Crippen LogP contribution >= 0.6 is 30.9 Å². The monoisotopic (exact) mass is 300 g/mol. The lowest BCUT2D eigenvalue weighted by molar-refractivity contribution is 0.187. The number of rotatable bonds is 7. The van der Waals surface area contributed by atoms with E-state index in [1.807, 2.05) is 19.9 Å². The summed E-state index contributed by atoms with van der Waals surface area (Å²) < 4.78 is 23.4. The zero-order chi connectivity index (χ0) is 13.5. The van der Waals surface area contributed by atoms with Gasteiger partial charge in [-0.3, -0.25) is 4.52 Å². The average Bonchev–Trinajstić information content (AvgIpc) is 2.24. The van der Waals surface area contributed by atoms with E-state index >= 15 is 0 Å². The van der Waals surface area contributed by atoms with Gasteiger partial charge in [0.2, 0.25) is 0 Å². The molecule has 0 amide bonds. The first-order valence-electron chi connectivity index (χ1n) is 4.84. The van der Waals surface area contributed by atoms with Crippen LogP contribution in [0.2, 0.25) is 0 Å². The highest BCUT2D eigenvalue weighted by atomic mass is 35.5. The number of nitrogens with zero attached hydrogens (tertiary/aromatic N) is 2. The topological polar surface area (TPSA) is 62.6 Å². The van der Waals surface area contributed by atoms with Crippen molar-refractivity contribution in [1.82, 2.24) is 4.67 Å². The van der Waals surface area contributed by atoms with Gasteiger partial charge < -0.3 is 4.52 Å². The summed E-state index contributed by atoms with van der Waals surface area (Å²) in [4.78, 5) is 0. The molecule has 0 rings (SSSR count). The highest BCUT2D eigenvalue weighted by Crippen LogP contribution is 2.51. The van der Waals surface area contributed by atoms with Crippen LogP contribution in [0, 0.1) is 17.2 Å². The maximum Gasteiger partial charge on any atom is 0.461 e. The van der Waals surface area contributed by atoms with Gasteiger partial charge >= 0.3 is 7.75 Å². The fourth-order valence-electron chi connectivity index (χ4n) is 0.748. The van der Waals surface area contributed by atoms with Crippen LogP contribution in [-0.2, 0) is 13.6 Å². The molecule has 1 unspecified atom stereocenters. The van der Waals surface area contributed by atoms with Crippen molar-refractivity contribution in [3.8, 4) is 6.07 Å². The first-order chi connectivity index (χ1) is 7.81. The Morgan fingerprint density at radius 1 is 1.59 bits per heavy atom. The van der Waals surface area contributed by atoms with E-state index in [9.17, 15) is 4.57 Å². The Labute approximate surface area is 111 Å². The van der Waals surface area contributed by atoms with Gasteiger partial charge in [-0.15, -0.1) is 0 Å². The van der Waals surface area contributed by atoms with Crippen molar-refractivity contribution in [2.24, 2.45) is 5.92 Å². The summed E-state index contributed by atoms with van der Waals surface area (Å²) in [5.41, 5.74) is 0. The lowest BCUT2D eigenvalue weighted by atomic mass is 10.2. The van der Waals surface area contributed by atoms with Crippen LogP contribution in [0.4, 0.5) is 0 Å². The van der Waals surface area contributed by atoms with Crippen molar-refractivity contribution in [2.75, 3.05) is 20.2 Å². The van der Waals surface area contributed by atoms with Gasteiger partial charge in [0.15, 0.2) is 0 Å². The van der Waals surface area contributed by atoms with E-state index < -0.39 is 7.75 Å². The first-order valence-corrected chi connectivity index (χ1v) is 7.09. The van der Waals surface area contributed by atoms with E-state index in [0.29, 0.717) is 0 Å². The summed E-state index contributed by atoms with van der Waals surface area (Å²) in [5.74, 6) is 0.179. The fraction of sp³-hybridized carbons (Fsp3) is 0.667. The molecule has 0 aliphatic rings. The predicted octanol–water partition coefficient (Wildman–Crippen LogP) is 3.52. The van der Waals surface area contributed by atoms with Gasteiger partial charge in [0.1, 0.15) is 10.8 Å². The molecule has 17 heavy (non-hydrogen) atoms. The Balaban J connectivity index is 4.75. The number of nitriles is 1. The molecule has 5 nitrogen and oxygen atoms in total. The van der Waals surface area contributed by atoms with Crippen molar-refractivity contribution < 1.29 is 13.6 Å². The molecule has 0 aromatic carbocycles. The molecule has 0 saturated heterocycles. The van der Waals surface area contributed by atoms with Crippen LogP contribution in [0.25, 0.3) is 0 Å². The Morgan fingerprint density at radius 3 is 2.59 bits per heavy atom. The normalized spacial score (nSPS) is 14.2. The molecule has 0 bridgehead atoms. The van der Waals surface area contributed by atoms with Gasteiger partial charge in [-0.1, -0.05) is 37.0 Å². The minimum atomic E-state index is -3.57. The van der Waals surface area contributed by atoms with Gasteiger partial charge in [0.05, 0.1) is 19.2 Å². The molecule has 0 aromatic rings. The third-order valence-corrected chi connectivity index (χ3v) is 3.57. The zero-order valence-corrected chi connectivity index (χ0v) is 12.3. The Morgan fingerprint density at radius 2 is 2.18 bits per heavy atom. The van der Waals surface area contributed by atoms with E-state index in [1.165, 1.54) is 11.7 Å². The quantitative estimate of drug-likeness (QED) is 0.409. The van der Waals surface area contributed by atoms with Gasteiger partial charge in [-0.05, 0) is 13.0 Å². The van der Waals surface area contributed by atoms with Crippen molar-refractivity contribution in [1.29, 1.82) is 5.26 Å². The SMILES string of the molecule is CC(C)COP(=O)(OC=C(Cl)Cl)N(C)CC#N. The minimum Gasteiger partial charge on any atom is -0.418 e. The number of halogens is 2. The highest BCUT2D eigenvalue weighted by molar-refractivity contribution is 7.51. The Bertz CT molecular complexity index is 351. The van der Waals surface area contributed by atoms with Crippen LogP contribution in [0.3, 0.4) is 0 Å². The van der Waals surface area contributed by atoms with Gasteiger partial charge in [-0.2, -0.15) is 9.93 Å². The molecule has 0 spiro atoms. The van der Waals surface area contributed by atoms with Crippen LogP contribution in [0.5, 0.6) is 0 Å². The van der Waals surface area contributed by atoms with Gasteiger partial charge in [-0.25, -0.2) is 4.57 Å². The second-order valence-corrected chi connectivity index (χ2v) is 6.74. The van der Waals surface area contributed by atoms with Gasteiger partial charge in [0.25, 0.3) is 0 Å². The summed E-state index contributed by atoms with van der Waals surface area (Å²) in [7, 11) is -2.11. The summed E-state index contributed by atoms with van der Waals surface area (Å²) in [6.45, 7) is 3.95. The molecule has 1 atom stereocenters. The molecule has 0 fully saturated rings. The highest BCUT2D eigenvalue weighted by Gasteiger charge is 2.31. The minimum absolute atomic E-state index is 0.0941. The zero-order valence-electron chi connectivity index (χ0n) is 9.89. The Hall–Kier alpha value is -0.240. The molecule has 0 heterocycles. The molecule has 98 valence electrons. The maximum absolute atomic E-state index is 12.3. The van der Waals surface area contributed by atoms with E-state index in [4.69, 9.17) is 37.5 Å². The number of hydrogen-bond acceptors (Lipinski definition) is 4. The summed E-state index contributed by atoms with van der Waals surface area (Å²) in [6.07, 6.45) is 0.929. The molecule has 0 saturated carbocycles. The van der Waals surface area contributed by atoms with Crippen LogP contribution in [-0.4, -0.2) is 24.9 Å². The first kappa shape index (κ1) is 16.8. The maximum atomic E-state index is 12.3. The van der Waals surface area contributed by atoms with Crippen LogP contribution in [0.15, 0.2) is 10.8 Å². The summed E-state index contributed by atoms with van der Waals surface area (Å²) >= 11 is 10.7. The van der Waals surface area contributed by atoms with E-state index in [0.717, 1.165) is 6.26 Å². The van der Waals surface area contributed by atoms with Crippen molar-refractivity contribution in [2.45, 2.75) is 13.8 Å². The fourth-order valence-corrected chi connectivity index (χ4v) is 2.34. The third kappa shape index (κ3) is 6.92. The largest absolute Gasteiger partial charge is 0.461 e. The van der Waals surface area contributed by atoms with Crippen molar-refractivity contribution >= 4 is 30.9 Å². The predicted molar refractivity (Wildman–Crippen MR) is 67.5 cm³/mol. The van der Waals surface area contributed by atoms with E-state index in [2.05, 4.69) is 0 Å². The standard InChI is InChI=1S/C9H15Cl2N2O3P/c1-8(2)6-15-17(14,13(3)5-4-12)16-7-9(10)11/h7-8H,5-6H2,1-3H3. The smallest absolute Gasteiger partial charge is 0.418 e. The van der Waals surface area contributed by atoms with Crippen LogP contribution in [0.1, 0.15) is 13.8 Å². The van der Waals surface area contributed by atoms with Crippen molar-refractivity contribution in [3.05, 3.63) is 10.8 Å². The van der Waals surface area contributed by atoms with E-state index in [-0.39, 0.29) is 23.6 Å². The van der Waals surface area contributed by atoms with Crippen molar-refractivity contribution in [3.63, 3.8) is 0 Å². The van der Waals surface area contributed by atoms with E-state index in [1.54, 1.807) is 0 Å². The summed E-state index contributed by atoms with van der Waals surface area (Å²) in [5, 5.41) is 8.56. The molecule has 0 N–H and O–H groups in total. The second-order valence-electron chi connectivity index (χ2n) is 3.64.